The molecule has 15 heavy (non-hydrogen) atoms. The first-order chi connectivity index (χ1) is 7.18. The number of aryl methyl sites for hydroxylation is 1. The summed E-state index contributed by atoms with van der Waals surface area (Å²) in [4.78, 5) is 10.6. The van der Waals surface area contributed by atoms with Gasteiger partial charge in [0.1, 0.15) is 0 Å². The quantitative estimate of drug-likeness (QED) is 0.777. The molecule has 1 aromatic heterocycles. The van der Waals surface area contributed by atoms with Gasteiger partial charge in [0.25, 0.3) is 0 Å². The third-order valence-corrected chi connectivity index (χ3v) is 1.98. The SMILES string of the molecule is Cc1nnnn1-c1ccc(C(=O)O)cc1. The van der Waals surface area contributed by atoms with E-state index in [9.17, 15) is 4.79 Å². The summed E-state index contributed by atoms with van der Waals surface area (Å²) in [7, 11) is 0. The monoisotopic (exact) mass is 204 g/mol. The van der Waals surface area contributed by atoms with Crippen molar-refractivity contribution in [1.82, 2.24) is 20.2 Å². The molecule has 0 unspecified atom stereocenters. The lowest BCUT2D eigenvalue weighted by Gasteiger charge is -2.01. The summed E-state index contributed by atoms with van der Waals surface area (Å²) in [6, 6.07) is 6.34. The van der Waals surface area contributed by atoms with E-state index in [-0.39, 0.29) is 5.56 Å². The average Bonchev–Trinajstić information content (AvgIpc) is 2.65. The van der Waals surface area contributed by atoms with Crippen LogP contribution in [0, 0.1) is 6.92 Å². The number of aromatic nitrogens is 4. The fourth-order valence-electron chi connectivity index (χ4n) is 1.22. The maximum Gasteiger partial charge on any atom is 0.335 e. The van der Waals surface area contributed by atoms with Gasteiger partial charge in [-0.05, 0) is 41.6 Å². The van der Waals surface area contributed by atoms with Crippen LogP contribution < -0.4 is 0 Å². The smallest absolute Gasteiger partial charge is 0.335 e. The molecule has 2 aromatic rings. The maximum absolute atomic E-state index is 10.6. The second-order valence-electron chi connectivity index (χ2n) is 2.99. The summed E-state index contributed by atoms with van der Waals surface area (Å²) in [5.74, 6) is -0.298. The van der Waals surface area contributed by atoms with Crippen molar-refractivity contribution in [2.75, 3.05) is 0 Å². The minimum Gasteiger partial charge on any atom is -0.478 e. The van der Waals surface area contributed by atoms with E-state index in [2.05, 4.69) is 15.5 Å². The Morgan fingerprint density at radius 1 is 1.33 bits per heavy atom. The summed E-state index contributed by atoms with van der Waals surface area (Å²) in [6.45, 7) is 1.77. The van der Waals surface area contributed by atoms with E-state index >= 15 is 0 Å². The van der Waals surface area contributed by atoms with Gasteiger partial charge in [-0.2, -0.15) is 4.68 Å². The van der Waals surface area contributed by atoms with Crippen LogP contribution in [0.25, 0.3) is 5.69 Å². The molecule has 0 radical (unpaired) electrons. The zero-order valence-electron chi connectivity index (χ0n) is 7.95. The number of carbonyl (C=O) groups is 1. The molecule has 76 valence electrons. The van der Waals surface area contributed by atoms with E-state index in [0.29, 0.717) is 5.82 Å². The lowest BCUT2D eigenvalue weighted by molar-refractivity contribution is 0.0697. The maximum atomic E-state index is 10.6. The van der Waals surface area contributed by atoms with Gasteiger partial charge in [0, 0.05) is 0 Å². The van der Waals surface area contributed by atoms with E-state index in [4.69, 9.17) is 5.11 Å². The van der Waals surface area contributed by atoms with Gasteiger partial charge in [-0.25, -0.2) is 4.79 Å². The standard InChI is InChI=1S/C9H8N4O2/c1-6-10-11-12-13(6)8-4-2-7(3-5-8)9(14)15/h2-5H,1H3,(H,14,15). The number of nitrogens with zero attached hydrogens (tertiary/aromatic N) is 4. The van der Waals surface area contributed by atoms with Crippen molar-refractivity contribution in [3.05, 3.63) is 35.7 Å². The Bertz CT molecular complexity index is 489. The molecule has 1 heterocycles. The molecule has 0 spiro atoms. The highest BCUT2D eigenvalue weighted by Crippen LogP contribution is 2.09. The van der Waals surface area contributed by atoms with Crippen LogP contribution >= 0.6 is 0 Å². The largest absolute Gasteiger partial charge is 0.478 e. The predicted molar refractivity (Wildman–Crippen MR) is 50.9 cm³/mol. The Morgan fingerprint density at radius 3 is 2.47 bits per heavy atom. The number of hydrogen-bond acceptors (Lipinski definition) is 4. The Hall–Kier alpha value is -2.24. The van der Waals surface area contributed by atoms with Gasteiger partial charge in [-0.1, -0.05) is 0 Å². The molecular weight excluding hydrogens is 196 g/mol. The fourth-order valence-corrected chi connectivity index (χ4v) is 1.22. The van der Waals surface area contributed by atoms with E-state index in [0.717, 1.165) is 5.69 Å². The minimum atomic E-state index is -0.949. The third kappa shape index (κ3) is 1.69. The molecular formula is C9H8N4O2. The second kappa shape index (κ2) is 3.49. The number of tetrazole rings is 1. The molecule has 0 saturated carbocycles. The summed E-state index contributed by atoms with van der Waals surface area (Å²) in [5.41, 5.74) is 0.979. The van der Waals surface area contributed by atoms with Crippen LogP contribution in [-0.2, 0) is 0 Å². The normalized spacial score (nSPS) is 10.2. The van der Waals surface area contributed by atoms with Gasteiger partial charge < -0.3 is 5.11 Å². The predicted octanol–water partition coefficient (Wildman–Crippen LogP) is 0.669. The molecule has 2 rings (SSSR count). The van der Waals surface area contributed by atoms with E-state index in [1.165, 1.54) is 16.8 Å². The first kappa shape index (κ1) is 9.32. The average molecular weight is 204 g/mol. The molecule has 6 nitrogen and oxygen atoms in total. The van der Waals surface area contributed by atoms with Crippen LogP contribution in [-0.4, -0.2) is 31.3 Å². The highest BCUT2D eigenvalue weighted by Gasteiger charge is 2.05. The topological polar surface area (TPSA) is 80.9 Å². The highest BCUT2D eigenvalue weighted by molar-refractivity contribution is 5.87. The van der Waals surface area contributed by atoms with Crippen LogP contribution in [0.1, 0.15) is 16.2 Å². The number of rotatable bonds is 2. The highest BCUT2D eigenvalue weighted by atomic mass is 16.4. The van der Waals surface area contributed by atoms with Gasteiger partial charge in [-0.15, -0.1) is 5.10 Å². The van der Waals surface area contributed by atoms with Crippen LogP contribution in [0.2, 0.25) is 0 Å². The van der Waals surface area contributed by atoms with Crippen molar-refractivity contribution in [3.63, 3.8) is 0 Å². The number of aromatic carboxylic acids is 1. The molecule has 6 heteroatoms. The lowest BCUT2D eigenvalue weighted by atomic mass is 10.2. The van der Waals surface area contributed by atoms with E-state index < -0.39 is 5.97 Å². The third-order valence-electron chi connectivity index (χ3n) is 1.98. The molecule has 0 aliphatic heterocycles. The number of carboxylic acids is 1. The van der Waals surface area contributed by atoms with Crippen molar-refractivity contribution in [2.24, 2.45) is 0 Å². The van der Waals surface area contributed by atoms with Crippen molar-refractivity contribution >= 4 is 5.97 Å². The zero-order chi connectivity index (χ0) is 10.8. The first-order valence-corrected chi connectivity index (χ1v) is 4.27. The molecule has 0 amide bonds. The molecule has 0 fully saturated rings. The molecule has 0 bridgehead atoms. The summed E-state index contributed by atoms with van der Waals surface area (Å²) < 4.78 is 1.53. The van der Waals surface area contributed by atoms with Gasteiger partial charge in [0.2, 0.25) is 0 Å². The minimum absolute atomic E-state index is 0.240. The number of carboxylic acid groups (broad SMARTS) is 1. The lowest BCUT2D eigenvalue weighted by Crippen LogP contribution is -2.01. The van der Waals surface area contributed by atoms with Gasteiger partial charge in [-0.3, -0.25) is 0 Å². The Morgan fingerprint density at radius 2 is 2.00 bits per heavy atom. The van der Waals surface area contributed by atoms with Crippen molar-refractivity contribution in [3.8, 4) is 5.69 Å². The Balaban J connectivity index is 2.40. The summed E-state index contributed by atoms with van der Waals surface area (Å²) in [6.07, 6.45) is 0. The molecule has 0 saturated heterocycles. The van der Waals surface area contributed by atoms with Gasteiger partial charge >= 0.3 is 5.97 Å². The molecule has 1 aromatic carbocycles. The fraction of sp³-hybridized carbons (Fsp3) is 0.111. The molecule has 0 aliphatic rings. The van der Waals surface area contributed by atoms with Crippen LogP contribution in [0.4, 0.5) is 0 Å². The van der Waals surface area contributed by atoms with E-state index in [1.54, 1.807) is 19.1 Å². The van der Waals surface area contributed by atoms with Crippen molar-refractivity contribution in [2.45, 2.75) is 6.92 Å². The number of benzene rings is 1. The van der Waals surface area contributed by atoms with Crippen LogP contribution in [0.3, 0.4) is 0 Å². The van der Waals surface area contributed by atoms with Crippen molar-refractivity contribution in [1.29, 1.82) is 0 Å². The first-order valence-electron chi connectivity index (χ1n) is 4.27. The van der Waals surface area contributed by atoms with Gasteiger partial charge in [0.05, 0.1) is 11.3 Å². The molecule has 0 atom stereocenters. The van der Waals surface area contributed by atoms with E-state index in [1.807, 2.05) is 0 Å². The Kier molecular flexibility index (Phi) is 2.17. The summed E-state index contributed by atoms with van der Waals surface area (Å²) >= 11 is 0. The van der Waals surface area contributed by atoms with Gasteiger partial charge in [0.15, 0.2) is 5.82 Å². The second-order valence-corrected chi connectivity index (χ2v) is 2.99. The summed E-state index contributed by atoms with van der Waals surface area (Å²) in [5, 5.41) is 19.7. The zero-order valence-corrected chi connectivity index (χ0v) is 7.95. The van der Waals surface area contributed by atoms with Crippen LogP contribution in [0.15, 0.2) is 24.3 Å². The van der Waals surface area contributed by atoms with Crippen LogP contribution in [0.5, 0.6) is 0 Å². The molecule has 1 N–H and O–H groups in total. The number of hydrogen-bond donors (Lipinski definition) is 1. The molecule has 0 aliphatic carbocycles. The van der Waals surface area contributed by atoms with Crippen molar-refractivity contribution < 1.29 is 9.90 Å². The Labute approximate surface area is 85.2 Å².